The highest BCUT2D eigenvalue weighted by atomic mass is 15.2. The van der Waals surface area contributed by atoms with E-state index in [1.807, 2.05) is 0 Å². The Kier molecular flexibility index (Phi) is 4.58. The zero-order valence-corrected chi connectivity index (χ0v) is 13.2. The number of aromatic nitrogens is 2. The highest BCUT2D eigenvalue weighted by molar-refractivity contribution is 5.57. The van der Waals surface area contributed by atoms with Crippen molar-refractivity contribution in [2.75, 3.05) is 30.3 Å². The van der Waals surface area contributed by atoms with Crippen molar-refractivity contribution in [2.24, 2.45) is 0 Å². The molecular formula is C16H27N5. The second-order valence-electron chi connectivity index (χ2n) is 6.26. The Morgan fingerprint density at radius 3 is 2.90 bits per heavy atom. The van der Waals surface area contributed by atoms with E-state index in [9.17, 15) is 0 Å². The predicted octanol–water partition coefficient (Wildman–Crippen LogP) is 2.65. The number of hydrogen-bond acceptors (Lipinski definition) is 5. The van der Waals surface area contributed by atoms with E-state index in [0.29, 0.717) is 12.1 Å². The number of nitrogens with one attached hydrogen (secondary N) is 2. The summed E-state index contributed by atoms with van der Waals surface area (Å²) in [4.78, 5) is 11.5. The molecule has 21 heavy (non-hydrogen) atoms. The highest BCUT2D eigenvalue weighted by Crippen LogP contribution is 2.30. The van der Waals surface area contributed by atoms with Gasteiger partial charge in [0.25, 0.3) is 0 Å². The van der Waals surface area contributed by atoms with Gasteiger partial charge in [-0.25, -0.2) is 9.97 Å². The van der Waals surface area contributed by atoms with Crippen LogP contribution >= 0.6 is 0 Å². The van der Waals surface area contributed by atoms with Crippen molar-refractivity contribution in [3.63, 3.8) is 0 Å². The minimum Gasteiger partial charge on any atom is -0.370 e. The van der Waals surface area contributed by atoms with Crippen molar-refractivity contribution in [1.82, 2.24) is 14.9 Å². The molecule has 2 N–H and O–H groups in total. The Balaban J connectivity index is 1.70. The van der Waals surface area contributed by atoms with Crippen LogP contribution in [0.1, 0.15) is 44.6 Å². The van der Waals surface area contributed by atoms with Crippen LogP contribution in [-0.4, -0.2) is 46.6 Å². The van der Waals surface area contributed by atoms with Gasteiger partial charge < -0.3 is 10.6 Å². The van der Waals surface area contributed by atoms with Gasteiger partial charge in [-0.2, -0.15) is 0 Å². The Morgan fingerprint density at radius 2 is 2.05 bits per heavy atom. The first-order valence-corrected chi connectivity index (χ1v) is 8.35. The normalized spacial score (nSPS) is 25.6. The molecule has 3 rings (SSSR count). The van der Waals surface area contributed by atoms with Gasteiger partial charge in [0.1, 0.15) is 18.0 Å². The van der Waals surface area contributed by atoms with Crippen molar-refractivity contribution in [2.45, 2.75) is 58.0 Å². The predicted molar refractivity (Wildman–Crippen MR) is 86.8 cm³/mol. The number of anilines is 2. The van der Waals surface area contributed by atoms with Crippen molar-refractivity contribution < 1.29 is 0 Å². The molecule has 2 aliphatic rings. The SMILES string of the molecule is CCCNc1ncnc(NC2CCN3CCCCC23)c1C. The zero-order valence-electron chi connectivity index (χ0n) is 13.2. The molecule has 2 aliphatic heterocycles. The van der Waals surface area contributed by atoms with Crippen LogP contribution in [0, 0.1) is 6.92 Å². The monoisotopic (exact) mass is 289 g/mol. The first-order valence-electron chi connectivity index (χ1n) is 8.35. The van der Waals surface area contributed by atoms with Gasteiger partial charge in [0, 0.05) is 30.7 Å². The first kappa shape index (κ1) is 14.6. The summed E-state index contributed by atoms with van der Waals surface area (Å²) in [6.45, 7) is 7.73. The van der Waals surface area contributed by atoms with E-state index in [1.165, 1.54) is 38.8 Å². The Hall–Kier alpha value is -1.36. The topological polar surface area (TPSA) is 53.1 Å². The van der Waals surface area contributed by atoms with Crippen LogP contribution in [0.4, 0.5) is 11.6 Å². The lowest BCUT2D eigenvalue weighted by Gasteiger charge is -2.33. The summed E-state index contributed by atoms with van der Waals surface area (Å²) in [6.07, 6.45) is 8.05. The summed E-state index contributed by atoms with van der Waals surface area (Å²) in [5, 5.41) is 7.08. The van der Waals surface area contributed by atoms with Crippen molar-refractivity contribution in [1.29, 1.82) is 0 Å². The van der Waals surface area contributed by atoms with E-state index >= 15 is 0 Å². The quantitative estimate of drug-likeness (QED) is 0.873. The second kappa shape index (κ2) is 6.60. The van der Waals surface area contributed by atoms with Crippen LogP contribution in [-0.2, 0) is 0 Å². The highest BCUT2D eigenvalue weighted by Gasteiger charge is 2.35. The summed E-state index contributed by atoms with van der Waals surface area (Å²) in [6, 6.07) is 1.23. The molecule has 2 unspecified atom stereocenters. The number of rotatable bonds is 5. The third-order valence-corrected chi connectivity index (χ3v) is 4.80. The fourth-order valence-corrected chi connectivity index (χ4v) is 3.61. The first-order chi connectivity index (χ1) is 10.3. The molecule has 0 saturated carbocycles. The molecule has 1 aromatic heterocycles. The molecular weight excluding hydrogens is 262 g/mol. The molecule has 1 aromatic rings. The molecule has 0 aliphatic carbocycles. The van der Waals surface area contributed by atoms with Gasteiger partial charge in [-0.1, -0.05) is 13.3 Å². The molecule has 5 nitrogen and oxygen atoms in total. The van der Waals surface area contributed by atoms with E-state index in [4.69, 9.17) is 0 Å². The van der Waals surface area contributed by atoms with Crippen LogP contribution in [0.3, 0.4) is 0 Å². The largest absolute Gasteiger partial charge is 0.370 e. The zero-order chi connectivity index (χ0) is 14.7. The maximum atomic E-state index is 4.47. The molecule has 0 aromatic carbocycles. The third-order valence-electron chi connectivity index (χ3n) is 4.80. The van der Waals surface area contributed by atoms with Crippen LogP contribution in [0.5, 0.6) is 0 Å². The average molecular weight is 289 g/mol. The van der Waals surface area contributed by atoms with Gasteiger partial charge in [-0.3, -0.25) is 4.90 Å². The van der Waals surface area contributed by atoms with Crippen LogP contribution in [0.15, 0.2) is 6.33 Å². The lowest BCUT2D eigenvalue weighted by atomic mass is 9.99. The minimum absolute atomic E-state index is 0.540. The summed E-state index contributed by atoms with van der Waals surface area (Å²) in [7, 11) is 0. The molecule has 2 atom stereocenters. The second-order valence-corrected chi connectivity index (χ2v) is 6.26. The van der Waals surface area contributed by atoms with E-state index in [1.54, 1.807) is 6.33 Å². The van der Waals surface area contributed by atoms with Crippen LogP contribution in [0.25, 0.3) is 0 Å². The van der Waals surface area contributed by atoms with E-state index < -0.39 is 0 Å². The summed E-state index contributed by atoms with van der Waals surface area (Å²) >= 11 is 0. The maximum absolute atomic E-state index is 4.47. The van der Waals surface area contributed by atoms with Gasteiger partial charge in [-0.05, 0) is 39.2 Å². The number of piperidine rings is 1. The average Bonchev–Trinajstić information content (AvgIpc) is 2.91. The van der Waals surface area contributed by atoms with Crippen molar-refractivity contribution in [3.05, 3.63) is 11.9 Å². The van der Waals surface area contributed by atoms with Gasteiger partial charge in [0.15, 0.2) is 0 Å². The minimum atomic E-state index is 0.540. The molecule has 0 spiro atoms. The van der Waals surface area contributed by atoms with Crippen LogP contribution in [0.2, 0.25) is 0 Å². The van der Waals surface area contributed by atoms with Gasteiger partial charge in [0.2, 0.25) is 0 Å². The fourth-order valence-electron chi connectivity index (χ4n) is 3.61. The number of hydrogen-bond donors (Lipinski definition) is 2. The lowest BCUT2D eigenvalue weighted by Crippen LogP contribution is -2.42. The van der Waals surface area contributed by atoms with E-state index in [0.717, 1.165) is 30.2 Å². The van der Waals surface area contributed by atoms with Gasteiger partial charge in [-0.15, -0.1) is 0 Å². The summed E-state index contributed by atoms with van der Waals surface area (Å²) in [5.41, 5.74) is 1.14. The molecule has 3 heterocycles. The molecule has 2 fully saturated rings. The maximum Gasteiger partial charge on any atom is 0.134 e. The molecule has 116 valence electrons. The lowest BCUT2D eigenvalue weighted by molar-refractivity contribution is 0.192. The molecule has 5 heteroatoms. The summed E-state index contributed by atoms with van der Waals surface area (Å²) < 4.78 is 0. The fraction of sp³-hybridized carbons (Fsp3) is 0.750. The van der Waals surface area contributed by atoms with E-state index in [2.05, 4.69) is 39.3 Å². The third kappa shape index (κ3) is 3.12. The summed E-state index contributed by atoms with van der Waals surface area (Å²) in [5.74, 6) is 1.97. The number of fused-ring (bicyclic) bond motifs is 1. The van der Waals surface area contributed by atoms with E-state index in [-0.39, 0.29) is 0 Å². The molecule has 2 saturated heterocycles. The Labute approximate surface area is 127 Å². The Morgan fingerprint density at radius 1 is 1.19 bits per heavy atom. The van der Waals surface area contributed by atoms with Gasteiger partial charge >= 0.3 is 0 Å². The van der Waals surface area contributed by atoms with Crippen LogP contribution < -0.4 is 10.6 Å². The smallest absolute Gasteiger partial charge is 0.134 e. The van der Waals surface area contributed by atoms with Crippen molar-refractivity contribution >= 4 is 11.6 Å². The molecule has 0 bridgehead atoms. The standard InChI is InChI=1S/C16H27N5/c1-3-8-17-15-12(2)16(19-11-18-15)20-13-7-10-21-9-5-4-6-14(13)21/h11,13-14H,3-10H2,1-2H3,(H2,17,18,19,20). The van der Waals surface area contributed by atoms with Gasteiger partial charge in [0.05, 0.1) is 0 Å². The Bertz CT molecular complexity index is 476. The molecule has 0 radical (unpaired) electrons. The molecule has 0 amide bonds. The number of nitrogens with zero attached hydrogens (tertiary/aromatic N) is 3. The van der Waals surface area contributed by atoms with Crippen molar-refractivity contribution in [3.8, 4) is 0 Å².